The van der Waals surface area contributed by atoms with Crippen LogP contribution in [0.1, 0.15) is 101 Å². The Hall–Kier alpha value is -2.94. The first-order valence-electron chi connectivity index (χ1n) is 27.3. The molecule has 6 rings (SSSR count). The van der Waals surface area contributed by atoms with Gasteiger partial charge in [-0.3, -0.25) is 9.69 Å². The van der Waals surface area contributed by atoms with E-state index < -0.39 is 126 Å². The highest BCUT2D eigenvalue weighted by molar-refractivity contribution is 7.80. The van der Waals surface area contributed by atoms with Gasteiger partial charge in [0.2, 0.25) is 0 Å². The largest absolute Gasteiger partial charge is 0.459 e. The smallest absolute Gasteiger partial charge is 0.414 e. The van der Waals surface area contributed by atoms with E-state index in [9.17, 15) is 35.1 Å². The summed E-state index contributed by atoms with van der Waals surface area (Å²) in [6.45, 7) is 20.8. The molecule has 0 bridgehead atoms. The van der Waals surface area contributed by atoms with Gasteiger partial charge in [-0.05, 0) is 106 Å². The molecule has 0 spiro atoms. The van der Waals surface area contributed by atoms with Gasteiger partial charge in [-0.2, -0.15) is 0 Å². The van der Waals surface area contributed by atoms with Gasteiger partial charge < -0.3 is 83.4 Å². The lowest BCUT2D eigenvalue weighted by molar-refractivity contribution is -0.318. The van der Waals surface area contributed by atoms with Gasteiger partial charge in [0.05, 0.1) is 84.2 Å². The first-order valence-corrected chi connectivity index (χ1v) is 27.7. The number of morpholine rings is 1. The number of carbonyl (C=O) groups is 2. The Labute approximate surface area is 454 Å². The van der Waals surface area contributed by atoms with Gasteiger partial charge >= 0.3 is 12.1 Å². The van der Waals surface area contributed by atoms with Crippen LogP contribution in [0.3, 0.4) is 0 Å². The third-order valence-electron chi connectivity index (χ3n) is 16.8. The van der Waals surface area contributed by atoms with Gasteiger partial charge in [-0.15, -0.1) is 0 Å². The fraction of sp³-hybridized carbons (Fsp3) is 0.833. The summed E-state index contributed by atoms with van der Waals surface area (Å²) in [5.74, 6) is -3.32. The summed E-state index contributed by atoms with van der Waals surface area (Å²) in [6.07, 6.45) is -10.2. The number of likely N-dealkylation sites (N-methyl/N-ethyl adjacent to an activating group) is 2. The molecule has 5 fully saturated rings. The molecule has 0 saturated carbocycles. The average Bonchev–Trinajstić information content (AvgIpc) is 3.75. The van der Waals surface area contributed by atoms with Crippen molar-refractivity contribution in [3.05, 3.63) is 24.0 Å². The second-order valence-electron chi connectivity index (χ2n) is 23.1. The fourth-order valence-corrected chi connectivity index (χ4v) is 12.2. The molecule has 0 radical (unpaired) electrons. The molecular formula is C54H90FN5O15S. The molecule has 19 atom stereocenters. The second kappa shape index (κ2) is 26.1. The van der Waals surface area contributed by atoms with Crippen LogP contribution in [0, 0.1) is 23.6 Å². The molecule has 1 aromatic carbocycles. The van der Waals surface area contributed by atoms with E-state index in [1.807, 2.05) is 42.6 Å². The van der Waals surface area contributed by atoms with Gasteiger partial charge in [-0.25, -0.2) is 9.18 Å². The highest BCUT2D eigenvalue weighted by Crippen LogP contribution is 2.41. The zero-order chi connectivity index (χ0) is 56.2. The second-order valence-corrected chi connectivity index (χ2v) is 23.6. The molecular weight excluding hydrogens is 1010 g/mol. The minimum absolute atomic E-state index is 0.0802. The number of nitrogens with one attached hydrogen (secondary N) is 1. The number of esters is 1. The van der Waals surface area contributed by atoms with Gasteiger partial charge in [0.15, 0.2) is 12.6 Å². The number of halogens is 1. The molecule has 0 unspecified atom stereocenters. The third kappa shape index (κ3) is 14.5. The van der Waals surface area contributed by atoms with E-state index in [1.165, 1.54) is 25.0 Å². The molecule has 6 N–H and O–H groups in total. The Bertz CT molecular complexity index is 2090. The maximum atomic E-state index is 15.2. The number of cyclic esters (lactones) is 2. The third-order valence-corrected chi connectivity index (χ3v) is 17.1. The number of aliphatic hydroxyl groups excluding tert-OH is 3. The molecule has 434 valence electrons. The van der Waals surface area contributed by atoms with Crippen molar-refractivity contribution >= 4 is 40.6 Å². The predicted molar refractivity (Wildman–Crippen MR) is 285 cm³/mol. The van der Waals surface area contributed by atoms with Gasteiger partial charge in [0.25, 0.3) is 0 Å². The summed E-state index contributed by atoms with van der Waals surface area (Å²) >= 11 is 5.74. The molecule has 1 amide bonds. The predicted octanol–water partition coefficient (Wildman–Crippen LogP) is 3.58. The number of anilines is 2. The summed E-state index contributed by atoms with van der Waals surface area (Å²) in [7, 11) is 5.19. The van der Waals surface area contributed by atoms with E-state index in [2.05, 4.69) is 5.32 Å². The molecule has 5 saturated heterocycles. The first kappa shape index (κ1) is 62.3. The lowest BCUT2D eigenvalue weighted by Gasteiger charge is -2.49. The maximum absolute atomic E-state index is 15.2. The van der Waals surface area contributed by atoms with Crippen LogP contribution in [-0.4, -0.2) is 222 Å². The number of hydrogen-bond acceptors (Lipinski definition) is 19. The van der Waals surface area contributed by atoms with Crippen LogP contribution in [0.15, 0.2) is 18.2 Å². The van der Waals surface area contributed by atoms with Gasteiger partial charge in [-0.1, -0.05) is 33.0 Å². The number of benzene rings is 1. The van der Waals surface area contributed by atoms with Crippen LogP contribution in [0.2, 0.25) is 0 Å². The Morgan fingerprint density at radius 2 is 1.64 bits per heavy atom. The quantitative estimate of drug-likeness (QED) is 0.115. The topological polar surface area (TPSA) is 234 Å². The van der Waals surface area contributed by atoms with Crippen molar-refractivity contribution < 1.29 is 77.4 Å². The summed E-state index contributed by atoms with van der Waals surface area (Å²) in [5.41, 5.74) is -3.75. The van der Waals surface area contributed by atoms with Crippen molar-refractivity contribution in [3.63, 3.8) is 0 Å². The number of amides is 1. The van der Waals surface area contributed by atoms with Crippen LogP contribution in [-0.2, 0) is 42.7 Å². The van der Waals surface area contributed by atoms with Crippen molar-refractivity contribution in [1.29, 1.82) is 0 Å². The van der Waals surface area contributed by atoms with E-state index in [1.54, 1.807) is 60.6 Å². The molecule has 0 aliphatic carbocycles. The summed E-state index contributed by atoms with van der Waals surface area (Å²) in [4.78, 5) is 35.2. The Morgan fingerprint density at radius 1 is 0.961 bits per heavy atom. The zero-order valence-electron chi connectivity index (χ0n) is 47.1. The van der Waals surface area contributed by atoms with E-state index in [0.29, 0.717) is 68.6 Å². The maximum Gasteiger partial charge on any atom is 0.414 e. The molecule has 76 heavy (non-hydrogen) atoms. The van der Waals surface area contributed by atoms with Crippen LogP contribution in [0.5, 0.6) is 0 Å². The average molecular weight is 1100 g/mol. The fourth-order valence-electron chi connectivity index (χ4n) is 12.0. The lowest BCUT2D eigenvalue weighted by atomic mass is 9.77. The Morgan fingerprint density at radius 3 is 2.29 bits per heavy atom. The first-order chi connectivity index (χ1) is 35.6. The van der Waals surface area contributed by atoms with Gasteiger partial charge in [0.1, 0.15) is 41.9 Å². The SMILES string of the molecule is CC[C@H]1OC(=O)[C@H](C)[C@@H](O[C@H]2C[C@@](C)(OC)[C@@H](O)[C@H](C)O2)[C@H](C)[C@@H](O[C@@H]2O[C@H](C)C[C@H](N(C)CCC(=S)NC[C@H]3CN(c4ccc(N5CCOCC5)c(F)c4)C(=O)O3)[C@H]2O)[C@](C)(O)C[C@@H](C)CN(C)[C@H](C)[C@@H](O)[C@]1(C)O. The zero-order valence-corrected chi connectivity index (χ0v) is 47.9. The van der Waals surface area contributed by atoms with E-state index in [0.717, 1.165) is 0 Å². The van der Waals surface area contributed by atoms with Crippen LogP contribution >= 0.6 is 12.2 Å². The number of methoxy groups -OCH3 is 1. The number of thiocarbonyl (C=S) groups is 1. The Balaban J connectivity index is 1.18. The van der Waals surface area contributed by atoms with Crippen molar-refractivity contribution in [2.75, 3.05) is 83.5 Å². The monoisotopic (exact) mass is 1100 g/mol. The molecule has 1 aromatic rings. The number of rotatable bonds is 14. The lowest BCUT2D eigenvalue weighted by Crippen LogP contribution is -2.61. The van der Waals surface area contributed by atoms with E-state index in [4.69, 9.17) is 50.1 Å². The molecule has 20 nitrogen and oxygen atoms in total. The minimum atomic E-state index is -1.86. The normalized spacial score (nSPS) is 40.8. The molecule has 5 aliphatic heterocycles. The number of carbonyl (C=O) groups excluding carboxylic acids is 2. The number of ether oxygens (including phenoxy) is 8. The van der Waals surface area contributed by atoms with Crippen molar-refractivity contribution in [2.45, 2.75) is 198 Å². The highest BCUT2D eigenvalue weighted by atomic mass is 32.1. The van der Waals surface area contributed by atoms with Gasteiger partial charge in [0, 0.05) is 64.1 Å². The number of nitrogens with zero attached hydrogens (tertiary/aromatic N) is 4. The minimum Gasteiger partial charge on any atom is -0.459 e. The molecule has 5 heterocycles. The Kier molecular flexibility index (Phi) is 21.4. The standard InChI is InChI=1S/C54H90FN5O15S/c1-14-41-54(10,67)46(62)34(6)58(12)28-30(2)25-52(8,66)48(32(4)45(33(5)49(64)73-41)74-43-26-53(9,68-13)47(63)35(7)71-43)75-50-44(61)40(23-31(3)70-50)57(11)18-17-42(76)56-27-37-29-60(51(65)72-37)36-15-16-39(38(55)24-36)59-19-21-69-22-20-59/h15-16,24,30-35,37,40-41,43-48,50,61-63,66-67H,14,17-23,25-29H2,1-13H3,(H,56,76)/t30-,31-,32+,33-,34-,35+,37+,40+,41-,43+,44-,45+,46-,47+,48-,50+,52-,53-,54-/m1/s1. The van der Waals surface area contributed by atoms with Crippen LogP contribution < -0.4 is 15.1 Å². The number of aliphatic hydroxyl groups is 5. The van der Waals surface area contributed by atoms with E-state index >= 15 is 4.39 Å². The van der Waals surface area contributed by atoms with Crippen molar-refractivity contribution in [3.8, 4) is 0 Å². The molecule has 22 heteroatoms. The summed E-state index contributed by atoms with van der Waals surface area (Å²) in [6, 6.07) is 3.65. The van der Waals surface area contributed by atoms with Crippen molar-refractivity contribution in [2.24, 2.45) is 17.8 Å². The van der Waals surface area contributed by atoms with Crippen LogP contribution in [0.25, 0.3) is 0 Å². The molecule has 5 aliphatic rings. The van der Waals surface area contributed by atoms with Crippen LogP contribution in [0.4, 0.5) is 20.6 Å². The summed E-state index contributed by atoms with van der Waals surface area (Å²) < 4.78 is 64.5. The number of hydrogen-bond donors (Lipinski definition) is 6. The van der Waals surface area contributed by atoms with Crippen molar-refractivity contribution in [1.82, 2.24) is 15.1 Å². The highest BCUT2D eigenvalue weighted by Gasteiger charge is 2.53. The van der Waals surface area contributed by atoms with E-state index in [-0.39, 0.29) is 38.3 Å². The summed E-state index contributed by atoms with van der Waals surface area (Å²) in [5, 5.41) is 63.0. The molecule has 0 aromatic heterocycles.